The van der Waals surface area contributed by atoms with Crippen LogP contribution < -0.4 is 0 Å². The first-order valence-corrected chi connectivity index (χ1v) is 16.7. The van der Waals surface area contributed by atoms with E-state index in [1.165, 1.54) is 38.2 Å². The van der Waals surface area contributed by atoms with Gasteiger partial charge < -0.3 is 4.57 Å². The maximum Gasteiger partial charge on any atom is 0.0998 e. The predicted octanol–water partition coefficient (Wildman–Crippen LogP) is 11.7. The van der Waals surface area contributed by atoms with Crippen molar-refractivity contribution in [2.75, 3.05) is 0 Å². The number of fused-ring (bicyclic) bond motifs is 5. The summed E-state index contributed by atoms with van der Waals surface area (Å²) in [4.78, 5) is 0. The van der Waals surface area contributed by atoms with E-state index in [4.69, 9.17) is 0 Å². The van der Waals surface area contributed by atoms with Gasteiger partial charge >= 0.3 is 0 Å². The molecule has 0 aliphatic rings. The van der Waals surface area contributed by atoms with E-state index in [1.807, 2.05) is 54.6 Å². The van der Waals surface area contributed by atoms with Gasteiger partial charge in [-0.3, -0.25) is 0 Å². The van der Waals surface area contributed by atoms with Gasteiger partial charge in [-0.2, -0.15) is 15.8 Å². The molecule has 8 aromatic carbocycles. The lowest BCUT2D eigenvalue weighted by atomic mass is 9.85. The molecule has 0 aliphatic heterocycles. The fourth-order valence-corrected chi connectivity index (χ4v) is 7.70. The minimum Gasteiger partial charge on any atom is -0.309 e. The number of aromatic nitrogens is 1. The highest BCUT2D eigenvalue weighted by molar-refractivity contribution is 6.21. The zero-order valence-electron chi connectivity index (χ0n) is 27.3. The van der Waals surface area contributed by atoms with Crippen LogP contribution in [0.25, 0.3) is 82.4 Å². The summed E-state index contributed by atoms with van der Waals surface area (Å²) in [6.07, 6.45) is 0. The van der Waals surface area contributed by atoms with Gasteiger partial charge in [0.05, 0.1) is 51.6 Å². The summed E-state index contributed by atoms with van der Waals surface area (Å²) in [5.41, 5.74) is 10.7. The Morgan fingerprint density at radius 3 is 1.27 bits per heavy atom. The fourth-order valence-electron chi connectivity index (χ4n) is 7.70. The summed E-state index contributed by atoms with van der Waals surface area (Å²) in [7, 11) is 0. The third kappa shape index (κ3) is 4.66. The zero-order valence-corrected chi connectivity index (χ0v) is 27.3. The largest absolute Gasteiger partial charge is 0.309 e. The topological polar surface area (TPSA) is 76.3 Å². The predicted molar refractivity (Wildman–Crippen MR) is 206 cm³/mol. The Hall–Kier alpha value is -7.45. The molecule has 1 heterocycles. The maximum atomic E-state index is 10.4. The number of hydrogen-bond acceptors (Lipinski definition) is 3. The molecule has 0 N–H and O–H groups in total. The van der Waals surface area contributed by atoms with E-state index in [-0.39, 0.29) is 0 Å². The quantitative estimate of drug-likeness (QED) is 0.179. The third-order valence-corrected chi connectivity index (χ3v) is 9.88. The summed E-state index contributed by atoms with van der Waals surface area (Å²) in [6, 6.07) is 60.4. The molecule has 0 amide bonds. The van der Waals surface area contributed by atoms with Crippen LogP contribution in [0.1, 0.15) is 16.7 Å². The second-order valence-corrected chi connectivity index (χ2v) is 12.6. The summed E-state index contributed by atoms with van der Waals surface area (Å²) in [5, 5.41) is 36.3. The molecule has 9 aromatic rings. The molecule has 51 heavy (non-hydrogen) atoms. The number of rotatable bonds is 4. The van der Waals surface area contributed by atoms with E-state index >= 15 is 0 Å². The molecule has 9 rings (SSSR count). The zero-order chi connectivity index (χ0) is 34.5. The molecule has 0 atom stereocenters. The molecule has 4 heteroatoms. The standard InChI is InChI=1S/C47H26N4/c48-27-30-17-23-42-40(25-30)41-26-31(28-49)18-24-43(41)51(42)44-16-8-11-35(29-50)45(44)33-19-21-34(22-20-33)47-38-14-6-4-12-36(38)46(32-9-2-1-3-10-32)37-13-5-7-15-39(37)47/h1-26H. The van der Waals surface area contributed by atoms with Crippen molar-refractivity contribution in [3.8, 4) is 57.3 Å². The Morgan fingerprint density at radius 2 is 0.804 bits per heavy atom. The number of benzene rings is 8. The van der Waals surface area contributed by atoms with Crippen molar-refractivity contribution < 1.29 is 0 Å². The SMILES string of the molecule is N#Cc1ccc2c(c1)c1cc(C#N)ccc1n2-c1cccc(C#N)c1-c1ccc(-c2c3ccccc3c(-c3ccccc3)c3ccccc23)cc1. The molecule has 0 bridgehead atoms. The van der Waals surface area contributed by atoms with Gasteiger partial charge in [0.2, 0.25) is 0 Å². The van der Waals surface area contributed by atoms with Crippen LogP contribution in [0.15, 0.2) is 158 Å². The second-order valence-electron chi connectivity index (χ2n) is 12.6. The molecule has 0 spiro atoms. The van der Waals surface area contributed by atoms with Crippen molar-refractivity contribution in [3.05, 3.63) is 174 Å². The monoisotopic (exact) mass is 646 g/mol. The van der Waals surface area contributed by atoms with E-state index in [2.05, 4.69) is 126 Å². The van der Waals surface area contributed by atoms with Crippen molar-refractivity contribution in [1.29, 1.82) is 15.8 Å². The molecule has 0 saturated carbocycles. The lowest BCUT2D eigenvalue weighted by molar-refractivity contribution is 1.18. The Kier molecular flexibility index (Phi) is 6.93. The fraction of sp³-hybridized carbons (Fsp3) is 0. The molecule has 0 saturated heterocycles. The van der Waals surface area contributed by atoms with E-state index in [1.54, 1.807) is 0 Å². The van der Waals surface area contributed by atoms with Gasteiger partial charge in [-0.05, 0) is 97.9 Å². The van der Waals surface area contributed by atoms with Gasteiger partial charge in [0.1, 0.15) is 0 Å². The molecule has 0 radical (unpaired) electrons. The molecular formula is C47H26N4. The van der Waals surface area contributed by atoms with Crippen LogP contribution in [0, 0.1) is 34.0 Å². The van der Waals surface area contributed by atoms with Crippen LogP contribution in [0.2, 0.25) is 0 Å². The average molecular weight is 647 g/mol. The van der Waals surface area contributed by atoms with Gasteiger partial charge in [-0.1, -0.05) is 109 Å². The molecule has 0 aliphatic carbocycles. The minimum absolute atomic E-state index is 0.544. The van der Waals surface area contributed by atoms with Crippen molar-refractivity contribution in [1.82, 2.24) is 4.57 Å². The molecule has 0 fully saturated rings. The highest BCUT2D eigenvalue weighted by Crippen LogP contribution is 2.44. The molecule has 234 valence electrons. The second kappa shape index (κ2) is 11.9. The van der Waals surface area contributed by atoms with Gasteiger partial charge in [0.15, 0.2) is 0 Å². The number of nitriles is 3. The summed E-state index contributed by atoms with van der Waals surface area (Å²) >= 11 is 0. The Labute approximate surface area is 294 Å². The van der Waals surface area contributed by atoms with Crippen LogP contribution >= 0.6 is 0 Å². The Morgan fingerprint density at radius 1 is 0.353 bits per heavy atom. The summed E-state index contributed by atoms with van der Waals surface area (Å²) < 4.78 is 2.14. The lowest BCUT2D eigenvalue weighted by Crippen LogP contribution is -1.99. The Bertz CT molecular complexity index is 2860. The van der Waals surface area contributed by atoms with Gasteiger partial charge in [-0.25, -0.2) is 0 Å². The number of nitrogens with zero attached hydrogens (tertiary/aromatic N) is 4. The van der Waals surface area contributed by atoms with Crippen molar-refractivity contribution >= 4 is 43.4 Å². The highest BCUT2D eigenvalue weighted by atomic mass is 15.0. The van der Waals surface area contributed by atoms with Crippen molar-refractivity contribution in [2.45, 2.75) is 0 Å². The lowest BCUT2D eigenvalue weighted by Gasteiger charge is -2.18. The highest BCUT2D eigenvalue weighted by Gasteiger charge is 2.20. The third-order valence-electron chi connectivity index (χ3n) is 9.88. The van der Waals surface area contributed by atoms with E-state index < -0.39 is 0 Å². The normalized spacial score (nSPS) is 11.1. The minimum atomic E-state index is 0.544. The van der Waals surface area contributed by atoms with E-state index in [0.717, 1.165) is 44.2 Å². The van der Waals surface area contributed by atoms with E-state index in [0.29, 0.717) is 16.7 Å². The summed E-state index contributed by atoms with van der Waals surface area (Å²) in [5.74, 6) is 0. The van der Waals surface area contributed by atoms with Crippen LogP contribution in [0.4, 0.5) is 0 Å². The van der Waals surface area contributed by atoms with Gasteiger partial charge in [-0.15, -0.1) is 0 Å². The van der Waals surface area contributed by atoms with Gasteiger partial charge in [0.25, 0.3) is 0 Å². The molecule has 1 aromatic heterocycles. The number of hydrogen-bond donors (Lipinski definition) is 0. The first-order chi connectivity index (χ1) is 25.2. The molecule has 4 nitrogen and oxygen atoms in total. The van der Waals surface area contributed by atoms with Crippen LogP contribution in [0.3, 0.4) is 0 Å². The van der Waals surface area contributed by atoms with Crippen LogP contribution in [0.5, 0.6) is 0 Å². The van der Waals surface area contributed by atoms with Crippen LogP contribution in [-0.4, -0.2) is 4.57 Å². The average Bonchev–Trinajstić information content (AvgIpc) is 3.52. The first kappa shape index (κ1) is 29.7. The molecular weight excluding hydrogens is 621 g/mol. The van der Waals surface area contributed by atoms with Gasteiger partial charge in [0, 0.05) is 16.3 Å². The smallest absolute Gasteiger partial charge is 0.0998 e. The summed E-state index contributed by atoms with van der Waals surface area (Å²) in [6.45, 7) is 0. The van der Waals surface area contributed by atoms with Crippen LogP contribution in [-0.2, 0) is 0 Å². The maximum absolute atomic E-state index is 10.4. The Balaban J connectivity index is 1.27. The first-order valence-electron chi connectivity index (χ1n) is 16.7. The van der Waals surface area contributed by atoms with E-state index in [9.17, 15) is 15.8 Å². The van der Waals surface area contributed by atoms with Crippen molar-refractivity contribution in [3.63, 3.8) is 0 Å². The van der Waals surface area contributed by atoms with Crippen molar-refractivity contribution in [2.24, 2.45) is 0 Å². The molecule has 0 unspecified atom stereocenters.